The van der Waals surface area contributed by atoms with E-state index in [4.69, 9.17) is 4.42 Å². The lowest BCUT2D eigenvalue weighted by atomic mass is 10.0. The lowest BCUT2D eigenvalue weighted by Crippen LogP contribution is -2.31. The summed E-state index contributed by atoms with van der Waals surface area (Å²) in [6.45, 7) is 2.04. The van der Waals surface area contributed by atoms with E-state index in [0.29, 0.717) is 28.8 Å². The highest BCUT2D eigenvalue weighted by molar-refractivity contribution is 7.98. The number of hydrogen-bond donors (Lipinski definition) is 1. The molecule has 0 aliphatic rings. The lowest BCUT2D eigenvalue weighted by Gasteiger charge is -2.20. The third-order valence-electron chi connectivity index (χ3n) is 6.07. The number of carbonyl (C=O) groups is 1. The number of benzene rings is 3. The van der Waals surface area contributed by atoms with E-state index in [1.807, 2.05) is 54.0 Å². The molecule has 2 heterocycles. The maximum Gasteiger partial charge on any atom is 0.287 e. The number of aromatic nitrogens is 3. The zero-order valence-corrected chi connectivity index (χ0v) is 21.9. The van der Waals surface area contributed by atoms with Gasteiger partial charge in [0.2, 0.25) is 0 Å². The number of rotatable bonds is 10. The highest BCUT2D eigenvalue weighted by atomic mass is 32.2. The smallest absolute Gasteiger partial charge is 0.287 e. The third kappa shape index (κ3) is 6.24. The van der Waals surface area contributed by atoms with Crippen LogP contribution < -0.4 is 5.32 Å². The average molecular weight is 540 g/mol. The van der Waals surface area contributed by atoms with Crippen molar-refractivity contribution in [3.05, 3.63) is 136 Å². The molecular weight excluding hydrogens is 514 g/mol. The summed E-state index contributed by atoms with van der Waals surface area (Å²) in [5.41, 5.74) is 3.92. The molecule has 5 rings (SSSR count). The van der Waals surface area contributed by atoms with Crippen molar-refractivity contribution < 1.29 is 14.1 Å². The summed E-state index contributed by atoms with van der Waals surface area (Å²) in [6.07, 6.45) is 1.89. The molecule has 3 aromatic carbocycles. The van der Waals surface area contributed by atoms with Gasteiger partial charge in [-0.05, 0) is 48.7 Å². The third-order valence-corrected chi connectivity index (χ3v) is 7.07. The number of aryl methyl sites for hydroxylation is 1. The van der Waals surface area contributed by atoms with Crippen molar-refractivity contribution in [2.24, 2.45) is 0 Å². The highest BCUT2D eigenvalue weighted by Gasteiger charge is 2.26. The molecule has 1 unspecified atom stereocenters. The molecule has 10 heteroatoms. The van der Waals surface area contributed by atoms with Crippen molar-refractivity contribution in [1.82, 2.24) is 20.1 Å². The van der Waals surface area contributed by atoms with E-state index >= 15 is 0 Å². The minimum Gasteiger partial charge on any atom is -0.459 e. The standard InChI is InChI=1S/C29H25N5O4S/c1-20-7-5-10-22(17-20)19-39-29-32-31-27(33(29)23-12-14-24(15-13-23)34(36)37)25(18-21-8-3-2-4-9-21)30-28(35)26-11-6-16-38-26/h2-17,25H,18-19H2,1H3,(H,30,35). The van der Waals surface area contributed by atoms with Crippen LogP contribution in [0.4, 0.5) is 5.69 Å². The molecule has 0 fully saturated rings. The fraction of sp³-hybridized carbons (Fsp3) is 0.138. The number of nitro benzene ring substituents is 1. The molecule has 196 valence electrons. The Morgan fingerprint density at radius 3 is 2.46 bits per heavy atom. The van der Waals surface area contributed by atoms with Gasteiger partial charge in [-0.25, -0.2) is 0 Å². The van der Waals surface area contributed by atoms with E-state index in [1.54, 1.807) is 24.3 Å². The molecule has 0 bridgehead atoms. The van der Waals surface area contributed by atoms with Crippen molar-refractivity contribution in [2.75, 3.05) is 0 Å². The molecule has 0 saturated heterocycles. The van der Waals surface area contributed by atoms with Crippen LogP contribution >= 0.6 is 11.8 Å². The van der Waals surface area contributed by atoms with Crippen LogP contribution in [0.1, 0.15) is 39.1 Å². The van der Waals surface area contributed by atoms with E-state index in [-0.39, 0.29) is 17.4 Å². The van der Waals surface area contributed by atoms with E-state index in [0.717, 1.165) is 16.7 Å². The van der Waals surface area contributed by atoms with Crippen molar-refractivity contribution in [1.29, 1.82) is 0 Å². The second-order valence-corrected chi connectivity index (χ2v) is 9.86. The zero-order valence-electron chi connectivity index (χ0n) is 21.1. The summed E-state index contributed by atoms with van der Waals surface area (Å²) in [4.78, 5) is 23.9. The van der Waals surface area contributed by atoms with Crippen LogP contribution in [0.25, 0.3) is 5.69 Å². The van der Waals surface area contributed by atoms with Crippen molar-refractivity contribution in [3.63, 3.8) is 0 Å². The summed E-state index contributed by atoms with van der Waals surface area (Å²) < 4.78 is 7.16. The quantitative estimate of drug-likeness (QED) is 0.130. The average Bonchev–Trinajstić information content (AvgIpc) is 3.63. The van der Waals surface area contributed by atoms with Gasteiger partial charge in [0.25, 0.3) is 11.6 Å². The van der Waals surface area contributed by atoms with Gasteiger partial charge in [0, 0.05) is 23.6 Å². The zero-order chi connectivity index (χ0) is 27.2. The molecule has 39 heavy (non-hydrogen) atoms. The van der Waals surface area contributed by atoms with Crippen LogP contribution in [-0.2, 0) is 12.2 Å². The number of hydrogen-bond acceptors (Lipinski definition) is 7. The number of nitro groups is 1. The summed E-state index contributed by atoms with van der Waals surface area (Å²) in [5, 5.41) is 23.9. The van der Waals surface area contributed by atoms with Crippen molar-refractivity contribution in [2.45, 2.75) is 30.3 Å². The predicted octanol–water partition coefficient (Wildman–Crippen LogP) is 6.08. The first kappa shape index (κ1) is 25.9. The molecule has 0 saturated carbocycles. The summed E-state index contributed by atoms with van der Waals surface area (Å²) in [6, 6.07) is 26.9. The Bertz CT molecular complexity index is 1570. The van der Waals surface area contributed by atoms with Gasteiger partial charge < -0.3 is 9.73 Å². The summed E-state index contributed by atoms with van der Waals surface area (Å²) in [7, 11) is 0. The van der Waals surface area contributed by atoms with Gasteiger partial charge in [-0.1, -0.05) is 71.9 Å². The van der Waals surface area contributed by atoms with Gasteiger partial charge in [0.15, 0.2) is 16.7 Å². The topological polar surface area (TPSA) is 116 Å². The first-order valence-corrected chi connectivity index (χ1v) is 13.2. The van der Waals surface area contributed by atoms with Crippen LogP contribution in [0.15, 0.2) is 107 Å². The number of thioether (sulfide) groups is 1. The maximum absolute atomic E-state index is 13.1. The van der Waals surface area contributed by atoms with Crippen LogP contribution in [0.3, 0.4) is 0 Å². The lowest BCUT2D eigenvalue weighted by molar-refractivity contribution is -0.384. The summed E-state index contributed by atoms with van der Waals surface area (Å²) >= 11 is 1.50. The van der Waals surface area contributed by atoms with E-state index in [1.165, 1.54) is 30.2 Å². The van der Waals surface area contributed by atoms with Crippen LogP contribution in [0.5, 0.6) is 0 Å². The molecule has 9 nitrogen and oxygen atoms in total. The second kappa shape index (κ2) is 11.8. The minimum atomic E-state index is -0.569. The molecular formula is C29H25N5O4S. The monoisotopic (exact) mass is 539 g/mol. The number of nitrogens with zero attached hydrogens (tertiary/aromatic N) is 4. The number of non-ortho nitro benzene ring substituents is 1. The number of nitrogens with one attached hydrogen (secondary N) is 1. The van der Waals surface area contributed by atoms with Crippen LogP contribution in [0.2, 0.25) is 0 Å². The van der Waals surface area contributed by atoms with E-state index in [9.17, 15) is 14.9 Å². The summed E-state index contributed by atoms with van der Waals surface area (Å²) in [5.74, 6) is 0.950. The van der Waals surface area contributed by atoms with Crippen molar-refractivity contribution >= 4 is 23.4 Å². The maximum atomic E-state index is 13.1. The Hall–Kier alpha value is -4.70. The molecule has 2 aromatic heterocycles. The molecule has 1 N–H and O–H groups in total. The number of carbonyl (C=O) groups excluding carboxylic acids is 1. The fourth-order valence-electron chi connectivity index (χ4n) is 4.21. The van der Waals surface area contributed by atoms with Gasteiger partial charge in [0.1, 0.15) is 0 Å². The van der Waals surface area contributed by atoms with Gasteiger partial charge >= 0.3 is 0 Å². The van der Waals surface area contributed by atoms with E-state index in [2.05, 4.69) is 27.6 Å². The Kier molecular flexibility index (Phi) is 7.83. The van der Waals surface area contributed by atoms with Crippen molar-refractivity contribution in [3.8, 4) is 5.69 Å². The normalized spacial score (nSPS) is 11.7. The number of furan rings is 1. The first-order chi connectivity index (χ1) is 19.0. The molecule has 1 atom stereocenters. The van der Waals surface area contributed by atoms with Gasteiger partial charge in [-0.3, -0.25) is 19.5 Å². The SMILES string of the molecule is Cc1cccc(CSc2nnc(C(Cc3ccccc3)NC(=O)c3ccco3)n2-c2ccc([N+](=O)[O-])cc2)c1. The molecule has 0 spiro atoms. The van der Waals surface area contributed by atoms with Crippen LogP contribution in [-0.4, -0.2) is 25.6 Å². The molecule has 5 aromatic rings. The Morgan fingerprint density at radius 1 is 1.00 bits per heavy atom. The molecule has 0 aliphatic carbocycles. The molecule has 0 aliphatic heterocycles. The molecule has 0 radical (unpaired) electrons. The Morgan fingerprint density at radius 2 is 1.77 bits per heavy atom. The largest absolute Gasteiger partial charge is 0.459 e. The van der Waals surface area contributed by atoms with Gasteiger partial charge in [0.05, 0.1) is 17.2 Å². The fourth-order valence-corrected chi connectivity index (χ4v) is 5.11. The van der Waals surface area contributed by atoms with Gasteiger partial charge in [-0.2, -0.15) is 0 Å². The Labute approximate surface area is 229 Å². The Balaban J connectivity index is 1.55. The number of amides is 1. The van der Waals surface area contributed by atoms with Gasteiger partial charge in [-0.15, -0.1) is 10.2 Å². The highest BCUT2D eigenvalue weighted by Crippen LogP contribution is 2.30. The first-order valence-electron chi connectivity index (χ1n) is 12.2. The van der Waals surface area contributed by atoms with Crippen LogP contribution in [0, 0.1) is 17.0 Å². The second-order valence-electron chi connectivity index (χ2n) is 8.92. The predicted molar refractivity (Wildman–Crippen MR) is 148 cm³/mol. The van der Waals surface area contributed by atoms with E-state index < -0.39 is 11.0 Å². The minimum absolute atomic E-state index is 0.0192. The molecule has 1 amide bonds.